The van der Waals surface area contributed by atoms with Gasteiger partial charge in [-0.1, -0.05) is 30.3 Å². The summed E-state index contributed by atoms with van der Waals surface area (Å²) in [6.45, 7) is 0.526. The van der Waals surface area contributed by atoms with Crippen LogP contribution >= 0.6 is 0 Å². The molecule has 1 amide bonds. The zero-order chi connectivity index (χ0) is 17.9. The Balaban J connectivity index is 1.74. The Labute approximate surface area is 153 Å². The average molecular weight is 346 g/mol. The van der Waals surface area contributed by atoms with Gasteiger partial charge in [0.1, 0.15) is 0 Å². The molecule has 0 fully saturated rings. The molecule has 0 saturated heterocycles. The Morgan fingerprint density at radius 1 is 1.23 bits per heavy atom. The molecule has 26 heavy (non-hydrogen) atoms. The van der Waals surface area contributed by atoms with Crippen molar-refractivity contribution in [3.8, 4) is 0 Å². The summed E-state index contributed by atoms with van der Waals surface area (Å²) in [6.07, 6.45) is 10.2. The first-order valence-electron chi connectivity index (χ1n) is 8.99. The number of amides is 1. The lowest BCUT2D eigenvalue weighted by molar-refractivity contribution is 0.0621. The maximum absolute atomic E-state index is 13.4. The maximum Gasteiger partial charge on any atom is 0.290 e. The topological polar surface area (TPSA) is 51.0 Å². The number of carbonyl (C=O) groups excluding carboxylic acids is 1. The Morgan fingerprint density at radius 3 is 2.88 bits per heavy atom. The van der Waals surface area contributed by atoms with E-state index in [0.29, 0.717) is 12.4 Å². The van der Waals surface area contributed by atoms with E-state index in [4.69, 9.17) is 0 Å². The summed E-state index contributed by atoms with van der Waals surface area (Å²) in [6, 6.07) is 12.5. The number of aryl methyl sites for hydroxylation is 2. The molecule has 2 aromatic heterocycles. The third-order valence-corrected chi connectivity index (χ3v) is 5.06. The molecule has 1 aliphatic rings. The normalized spacial score (nSPS) is 16.1. The van der Waals surface area contributed by atoms with Crippen molar-refractivity contribution in [2.24, 2.45) is 7.05 Å². The molecule has 0 saturated carbocycles. The summed E-state index contributed by atoms with van der Waals surface area (Å²) < 4.78 is 1.79. The number of benzene rings is 1. The van der Waals surface area contributed by atoms with Gasteiger partial charge in [-0.3, -0.25) is 9.78 Å². The van der Waals surface area contributed by atoms with Crippen LogP contribution in [0.2, 0.25) is 0 Å². The van der Waals surface area contributed by atoms with Crippen molar-refractivity contribution >= 4 is 5.91 Å². The van der Waals surface area contributed by atoms with Crippen molar-refractivity contribution in [3.05, 3.63) is 83.7 Å². The Bertz CT molecular complexity index is 903. The second kappa shape index (κ2) is 7.12. The Kier molecular flexibility index (Phi) is 4.52. The van der Waals surface area contributed by atoms with Crippen LogP contribution in [0, 0.1) is 0 Å². The number of hydrogen-bond donors (Lipinski definition) is 0. The summed E-state index contributed by atoms with van der Waals surface area (Å²) in [5.41, 5.74) is 3.62. The van der Waals surface area contributed by atoms with Crippen molar-refractivity contribution in [1.29, 1.82) is 0 Å². The zero-order valence-corrected chi connectivity index (χ0v) is 14.9. The lowest BCUT2D eigenvalue weighted by atomic mass is 9.86. The number of imidazole rings is 1. The fourth-order valence-corrected chi connectivity index (χ4v) is 3.76. The minimum atomic E-state index is -0.0388. The monoisotopic (exact) mass is 346 g/mol. The molecular formula is C21H22N4O. The third kappa shape index (κ3) is 3.12. The van der Waals surface area contributed by atoms with E-state index in [9.17, 15) is 4.79 Å². The molecule has 5 heteroatoms. The number of aromatic nitrogens is 3. The number of nitrogens with zero attached hydrogens (tertiary/aromatic N) is 4. The molecule has 0 N–H and O–H groups in total. The smallest absolute Gasteiger partial charge is 0.290 e. The number of carbonyl (C=O) groups is 1. The van der Waals surface area contributed by atoms with Gasteiger partial charge in [0.25, 0.3) is 5.91 Å². The van der Waals surface area contributed by atoms with Crippen molar-refractivity contribution in [1.82, 2.24) is 19.4 Å². The van der Waals surface area contributed by atoms with Gasteiger partial charge >= 0.3 is 0 Å². The molecule has 0 radical (unpaired) electrons. The molecule has 1 aliphatic carbocycles. The molecule has 0 aliphatic heterocycles. The average Bonchev–Trinajstić information content (AvgIpc) is 3.12. The maximum atomic E-state index is 13.4. The SMILES string of the molecule is Cn1ccnc1C(=O)N(Cc1cccnc1)C1CCCc2ccccc21. The van der Waals surface area contributed by atoms with E-state index >= 15 is 0 Å². The molecule has 1 aromatic carbocycles. The first-order chi connectivity index (χ1) is 12.7. The number of hydrogen-bond acceptors (Lipinski definition) is 3. The highest BCUT2D eigenvalue weighted by Gasteiger charge is 2.31. The number of pyridine rings is 1. The van der Waals surface area contributed by atoms with Crippen LogP contribution in [0.15, 0.2) is 61.2 Å². The van der Waals surface area contributed by atoms with Gasteiger partial charge in [-0.15, -0.1) is 0 Å². The minimum absolute atomic E-state index is 0.0388. The minimum Gasteiger partial charge on any atom is -0.330 e. The highest BCUT2D eigenvalue weighted by molar-refractivity contribution is 5.91. The summed E-state index contributed by atoms with van der Waals surface area (Å²) in [5.74, 6) is 0.431. The molecule has 132 valence electrons. The Hall–Kier alpha value is -2.95. The summed E-state index contributed by atoms with van der Waals surface area (Å²) in [5, 5.41) is 0. The van der Waals surface area contributed by atoms with E-state index in [2.05, 4.69) is 34.2 Å². The van der Waals surface area contributed by atoms with Crippen LogP contribution in [-0.2, 0) is 20.0 Å². The first-order valence-corrected chi connectivity index (χ1v) is 8.99. The molecule has 3 aromatic rings. The first kappa shape index (κ1) is 16.5. The summed E-state index contributed by atoms with van der Waals surface area (Å²) >= 11 is 0. The largest absolute Gasteiger partial charge is 0.330 e. The van der Waals surface area contributed by atoms with Crippen LogP contribution in [0.5, 0.6) is 0 Å². The van der Waals surface area contributed by atoms with Crippen molar-refractivity contribution in [2.75, 3.05) is 0 Å². The predicted octanol–water partition coefficient (Wildman–Crippen LogP) is 3.54. The molecule has 1 atom stereocenters. The van der Waals surface area contributed by atoms with E-state index in [1.165, 1.54) is 11.1 Å². The summed E-state index contributed by atoms with van der Waals surface area (Å²) in [7, 11) is 1.86. The highest BCUT2D eigenvalue weighted by Crippen LogP contribution is 2.35. The second-order valence-corrected chi connectivity index (χ2v) is 6.76. The van der Waals surface area contributed by atoms with Crippen LogP contribution < -0.4 is 0 Å². The van der Waals surface area contributed by atoms with Crippen molar-refractivity contribution in [3.63, 3.8) is 0 Å². The van der Waals surface area contributed by atoms with E-state index < -0.39 is 0 Å². The van der Waals surface area contributed by atoms with Crippen LogP contribution in [0.25, 0.3) is 0 Å². The quantitative estimate of drug-likeness (QED) is 0.726. The lowest BCUT2D eigenvalue weighted by Gasteiger charge is -2.35. The van der Waals surface area contributed by atoms with Crippen LogP contribution in [0.4, 0.5) is 0 Å². The second-order valence-electron chi connectivity index (χ2n) is 6.76. The molecule has 4 rings (SSSR count). The van der Waals surface area contributed by atoms with E-state index in [1.54, 1.807) is 17.0 Å². The van der Waals surface area contributed by atoms with E-state index in [-0.39, 0.29) is 11.9 Å². The zero-order valence-electron chi connectivity index (χ0n) is 14.9. The highest BCUT2D eigenvalue weighted by atomic mass is 16.2. The number of fused-ring (bicyclic) bond motifs is 1. The Morgan fingerprint density at radius 2 is 2.12 bits per heavy atom. The number of rotatable bonds is 4. The molecular weight excluding hydrogens is 324 g/mol. The van der Waals surface area contributed by atoms with Crippen LogP contribution in [-0.4, -0.2) is 25.3 Å². The van der Waals surface area contributed by atoms with E-state index in [0.717, 1.165) is 24.8 Å². The van der Waals surface area contributed by atoms with Crippen molar-refractivity contribution in [2.45, 2.75) is 31.8 Å². The van der Waals surface area contributed by atoms with Gasteiger partial charge in [0.15, 0.2) is 5.82 Å². The van der Waals surface area contributed by atoms with Gasteiger partial charge in [0.05, 0.1) is 6.04 Å². The van der Waals surface area contributed by atoms with Gasteiger partial charge in [-0.05, 0) is 42.0 Å². The van der Waals surface area contributed by atoms with Gasteiger partial charge in [-0.25, -0.2) is 4.98 Å². The molecule has 0 bridgehead atoms. The fourth-order valence-electron chi connectivity index (χ4n) is 3.76. The predicted molar refractivity (Wildman–Crippen MR) is 99.4 cm³/mol. The van der Waals surface area contributed by atoms with Crippen LogP contribution in [0.3, 0.4) is 0 Å². The van der Waals surface area contributed by atoms with Crippen LogP contribution in [0.1, 0.15) is 46.2 Å². The van der Waals surface area contributed by atoms with Gasteiger partial charge in [0.2, 0.25) is 0 Å². The third-order valence-electron chi connectivity index (χ3n) is 5.06. The fraction of sp³-hybridized carbons (Fsp3) is 0.286. The van der Waals surface area contributed by atoms with Gasteiger partial charge < -0.3 is 9.47 Å². The molecule has 0 spiro atoms. The molecule has 5 nitrogen and oxygen atoms in total. The van der Waals surface area contributed by atoms with Gasteiger partial charge in [0, 0.05) is 38.4 Å². The lowest BCUT2D eigenvalue weighted by Crippen LogP contribution is -2.37. The molecule has 2 heterocycles. The van der Waals surface area contributed by atoms with Crippen molar-refractivity contribution < 1.29 is 4.79 Å². The van der Waals surface area contributed by atoms with E-state index in [1.807, 2.05) is 36.5 Å². The summed E-state index contributed by atoms with van der Waals surface area (Å²) in [4.78, 5) is 23.8. The van der Waals surface area contributed by atoms with Gasteiger partial charge in [-0.2, -0.15) is 0 Å². The standard InChI is InChI=1S/C21H22N4O/c1-24-13-12-23-20(24)21(26)25(15-16-6-5-11-22-14-16)19-10-4-8-17-7-2-3-9-18(17)19/h2-3,5-7,9,11-14,19H,4,8,10,15H2,1H3. The molecule has 1 unspecified atom stereocenters.